The maximum atomic E-state index is 6.03. The van der Waals surface area contributed by atoms with E-state index in [1.807, 2.05) is 6.92 Å². The number of nitrogen functional groups attached to an aromatic ring is 1. The lowest BCUT2D eigenvalue weighted by Crippen LogP contribution is -2.34. The number of rotatable bonds is 8. The Kier molecular flexibility index (Phi) is 6.01. The molecule has 0 atom stereocenters. The second-order valence-corrected chi connectivity index (χ2v) is 6.05. The minimum absolute atomic E-state index is 0.116. The third kappa shape index (κ3) is 5.21. The molecule has 0 amide bonds. The van der Waals surface area contributed by atoms with Gasteiger partial charge in [-0.1, -0.05) is 20.8 Å². The third-order valence-electron chi connectivity index (χ3n) is 2.77. The number of nitrogens with two attached hydrogens (primary N) is 1. The molecule has 0 aliphatic carbocycles. The van der Waals surface area contributed by atoms with Gasteiger partial charge in [0.25, 0.3) is 0 Å². The lowest BCUT2D eigenvalue weighted by atomic mass is 9.93. The van der Waals surface area contributed by atoms with Crippen LogP contribution in [0.4, 0.5) is 11.5 Å². The number of hydrogen-bond donors (Lipinski definition) is 2. The zero-order valence-corrected chi connectivity index (χ0v) is 13.2. The fourth-order valence-corrected chi connectivity index (χ4v) is 2.07. The smallest absolute Gasteiger partial charge is 0.242 e. The lowest BCUT2D eigenvalue weighted by molar-refractivity contribution is 0.254. The number of anilines is 2. The minimum Gasteiger partial charge on any atom is -0.476 e. The van der Waals surface area contributed by atoms with Gasteiger partial charge in [0, 0.05) is 13.1 Å². The Morgan fingerprint density at radius 2 is 2.05 bits per heavy atom. The molecule has 1 heterocycles. The van der Waals surface area contributed by atoms with Crippen molar-refractivity contribution in [3.8, 4) is 5.88 Å². The van der Waals surface area contributed by atoms with E-state index in [2.05, 4.69) is 48.1 Å². The highest BCUT2D eigenvalue weighted by Crippen LogP contribution is 2.26. The predicted molar refractivity (Wildman–Crippen MR) is 83.1 cm³/mol. The maximum absolute atomic E-state index is 6.03. The van der Waals surface area contributed by atoms with E-state index >= 15 is 0 Å². The van der Waals surface area contributed by atoms with E-state index in [1.54, 1.807) is 0 Å². The van der Waals surface area contributed by atoms with Crippen LogP contribution in [0.3, 0.4) is 0 Å². The topological polar surface area (TPSA) is 76.3 Å². The molecular weight excluding hydrogens is 254 g/mol. The van der Waals surface area contributed by atoms with Crippen molar-refractivity contribution in [2.75, 3.05) is 44.8 Å². The summed E-state index contributed by atoms with van der Waals surface area (Å²) in [6.07, 6.45) is 2.39. The molecule has 114 valence electrons. The molecule has 0 radical (unpaired) electrons. The van der Waals surface area contributed by atoms with E-state index in [0.29, 0.717) is 24.0 Å². The molecule has 1 aromatic rings. The van der Waals surface area contributed by atoms with Crippen LogP contribution >= 0.6 is 0 Å². The van der Waals surface area contributed by atoms with E-state index < -0.39 is 0 Å². The Labute approximate surface area is 121 Å². The third-order valence-corrected chi connectivity index (χ3v) is 2.77. The zero-order chi connectivity index (χ0) is 15.2. The van der Waals surface area contributed by atoms with Gasteiger partial charge in [0.2, 0.25) is 5.88 Å². The Hall–Kier alpha value is -1.56. The fraction of sp³-hybridized carbons (Fsp3) is 0.714. The molecule has 0 spiro atoms. The van der Waals surface area contributed by atoms with E-state index in [-0.39, 0.29) is 5.41 Å². The predicted octanol–water partition coefficient (Wildman–Crippen LogP) is 1.85. The summed E-state index contributed by atoms with van der Waals surface area (Å²) in [6.45, 7) is 8.80. The van der Waals surface area contributed by atoms with Crippen LogP contribution < -0.4 is 15.8 Å². The molecule has 0 unspecified atom stereocenters. The first-order valence-electron chi connectivity index (χ1n) is 6.97. The van der Waals surface area contributed by atoms with E-state index in [0.717, 1.165) is 19.5 Å². The normalized spacial score (nSPS) is 11.7. The summed E-state index contributed by atoms with van der Waals surface area (Å²) in [5.41, 5.74) is 6.62. The minimum atomic E-state index is 0.116. The summed E-state index contributed by atoms with van der Waals surface area (Å²) >= 11 is 0. The van der Waals surface area contributed by atoms with Crippen LogP contribution in [0.2, 0.25) is 0 Å². The SMILES string of the molecule is CCCOc1ncnc(NCC(C)(C)CN(C)C)c1N. The highest BCUT2D eigenvalue weighted by molar-refractivity contribution is 5.66. The first kappa shape index (κ1) is 16.5. The molecule has 3 N–H and O–H groups in total. The Morgan fingerprint density at radius 1 is 1.35 bits per heavy atom. The molecule has 0 aliphatic heterocycles. The monoisotopic (exact) mass is 281 g/mol. The Balaban J connectivity index is 2.68. The molecule has 0 aliphatic rings. The van der Waals surface area contributed by atoms with E-state index in [9.17, 15) is 0 Å². The molecule has 1 rings (SSSR count). The quantitative estimate of drug-likeness (QED) is 0.757. The van der Waals surface area contributed by atoms with E-state index in [4.69, 9.17) is 10.5 Å². The van der Waals surface area contributed by atoms with Crippen molar-refractivity contribution in [1.29, 1.82) is 0 Å². The van der Waals surface area contributed by atoms with Gasteiger partial charge < -0.3 is 20.7 Å². The molecule has 0 saturated carbocycles. The lowest BCUT2D eigenvalue weighted by Gasteiger charge is -2.28. The van der Waals surface area contributed by atoms with Crippen molar-refractivity contribution in [3.63, 3.8) is 0 Å². The van der Waals surface area contributed by atoms with Gasteiger partial charge in [-0.3, -0.25) is 0 Å². The second-order valence-electron chi connectivity index (χ2n) is 6.05. The molecule has 0 saturated heterocycles. The summed E-state index contributed by atoms with van der Waals surface area (Å²) in [5.74, 6) is 1.09. The number of nitrogens with zero attached hydrogens (tertiary/aromatic N) is 3. The maximum Gasteiger partial charge on any atom is 0.242 e. The average molecular weight is 281 g/mol. The summed E-state index contributed by atoms with van der Waals surface area (Å²) in [4.78, 5) is 10.4. The molecular formula is C14H27N5O. The van der Waals surface area contributed by atoms with Gasteiger partial charge in [-0.15, -0.1) is 0 Å². The van der Waals surface area contributed by atoms with Crippen LogP contribution in [0.15, 0.2) is 6.33 Å². The van der Waals surface area contributed by atoms with Gasteiger partial charge in [0.15, 0.2) is 5.82 Å². The largest absolute Gasteiger partial charge is 0.476 e. The molecule has 6 nitrogen and oxygen atoms in total. The van der Waals surface area contributed by atoms with Crippen molar-refractivity contribution in [2.45, 2.75) is 27.2 Å². The first-order valence-corrected chi connectivity index (χ1v) is 6.97. The number of aromatic nitrogens is 2. The van der Waals surface area contributed by atoms with Crippen LogP contribution in [0.5, 0.6) is 5.88 Å². The van der Waals surface area contributed by atoms with Crippen LogP contribution in [-0.2, 0) is 0 Å². The summed E-state index contributed by atoms with van der Waals surface area (Å²) in [7, 11) is 4.13. The standard InChI is InChI=1S/C14H27N5O/c1-6-7-20-13-11(15)12(17-10-18-13)16-8-14(2,3)9-19(4)5/h10H,6-9,15H2,1-5H3,(H,16,17,18). The van der Waals surface area contributed by atoms with Crippen LogP contribution in [0, 0.1) is 5.41 Å². The number of hydrogen-bond acceptors (Lipinski definition) is 6. The molecule has 1 aromatic heterocycles. The van der Waals surface area contributed by atoms with Crippen LogP contribution in [-0.4, -0.2) is 48.7 Å². The Bertz CT molecular complexity index is 420. The molecule has 6 heteroatoms. The van der Waals surface area contributed by atoms with Crippen molar-refractivity contribution < 1.29 is 4.74 Å². The van der Waals surface area contributed by atoms with Gasteiger partial charge in [-0.05, 0) is 25.9 Å². The van der Waals surface area contributed by atoms with Gasteiger partial charge in [-0.2, -0.15) is 4.98 Å². The number of nitrogens with one attached hydrogen (secondary N) is 1. The first-order chi connectivity index (χ1) is 9.35. The molecule has 0 fully saturated rings. The van der Waals surface area contributed by atoms with E-state index in [1.165, 1.54) is 6.33 Å². The summed E-state index contributed by atoms with van der Waals surface area (Å²) in [6, 6.07) is 0. The zero-order valence-electron chi connectivity index (χ0n) is 13.2. The van der Waals surface area contributed by atoms with Gasteiger partial charge in [0.05, 0.1) is 6.61 Å². The second kappa shape index (κ2) is 7.28. The number of ether oxygens (including phenoxy) is 1. The Morgan fingerprint density at radius 3 is 2.65 bits per heavy atom. The molecule has 0 bridgehead atoms. The van der Waals surface area contributed by atoms with Crippen molar-refractivity contribution >= 4 is 11.5 Å². The highest BCUT2D eigenvalue weighted by Gasteiger charge is 2.20. The molecule has 0 aromatic carbocycles. The van der Waals surface area contributed by atoms with Crippen molar-refractivity contribution in [2.24, 2.45) is 5.41 Å². The van der Waals surface area contributed by atoms with Gasteiger partial charge in [0.1, 0.15) is 12.0 Å². The summed E-state index contributed by atoms with van der Waals surface area (Å²) in [5, 5.41) is 3.29. The molecule has 20 heavy (non-hydrogen) atoms. The van der Waals surface area contributed by atoms with Crippen LogP contribution in [0.25, 0.3) is 0 Å². The van der Waals surface area contributed by atoms with Gasteiger partial charge in [-0.25, -0.2) is 4.98 Å². The van der Waals surface area contributed by atoms with Crippen LogP contribution in [0.1, 0.15) is 27.2 Å². The fourth-order valence-electron chi connectivity index (χ4n) is 2.07. The average Bonchev–Trinajstić information content (AvgIpc) is 2.34. The summed E-state index contributed by atoms with van der Waals surface area (Å²) < 4.78 is 5.50. The van der Waals surface area contributed by atoms with Gasteiger partial charge >= 0.3 is 0 Å². The highest BCUT2D eigenvalue weighted by atomic mass is 16.5. The van der Waals surface area contributed by atoms with Crippen molar-refractivity contribution in [3.05, 3.63) is 6.33 Å². The van der Waals surface area contributed by atoms with Crippen molar-refractivity contribution in [1.82, 2.24) is 14.9 Å².